The van der Waals surface area contributed by atoms with E-state index in [2.05, 4.69) is 15.9 Å². The van der Waals surface area contributed by atoms with Crippen LogP contribution in [-0.2, 0) is 6.42 Å². The molecule has 0 nitrogen and oxygen atoms in total. The summed E-state index contributed by atoms with van der Waals surface area (Å²) in [7, 11) is 0. The Bertz CT molecular complexity index is 422. The van der Waals surface area contributed by atoms with Crippen molar-refractivity contribution in [1.82, 2.24) is 0 Å². The average Bonchev–Trinajstić information content (AvgIpc) is 2.92. The van der Waals surface area contributed by atoms with Crippen LogP contribution in [0.4, 0.5) is 8.78 Å². The second-order valence-electron chi connectivity index (χ2n) is 5.42. The Hall–Kier alpha value is -0.440. The van der Waals surface area contributed by atoms with Crippen molar-refractivity contribution in [2.45, 2.75) is 30.5 Å². The normalized spacial score (nSPS) is 32.3. The van der Waals surface area contributed by atoms with Crippen LogP contribution in [0.5, 0.6) is 0 Å². The number of hydrogen-bond donors (Lipinski definition) is 0. The molecular weight excluding hydrogens is 286 g/mol. The summed E-state index contributed by atoms with van der Waals surface area (Å²) in [5, 5.41) is 0. The highest BCUT2D eigenvalue weighted by molar-refractivity contribution is 9.09. The molecule has 92 valence electrons. The predicted octanol–water partition coefficient (Wildman–Crippen LogP) is 4.32. The quantitative estimate of drug-likeness (QED) is 0.730. The standard InChI is InChI=1S/C14H15BrF2/c15-12(11-5-9-4-10(9)6-11)7-8-2-1-3-13(16)14(8)17/h1-3,9-12H,4-7H2. The van der Waals surface area contributed by atoms with Crippen molar-refractivity contribution in [2.75, 3.05) is 0 Å². The molecule has 0 N–H and O–H groups in total. The van der Waals surface area contributed by atoms with Crippen molar-refractivity contribution in [2.24, 2.45) is 17.8 Å². The van der Waals surface area contributed by atoms with Crippen LogP contribution < -0.4 is 0 Å². The number of fused-ring (bicyclic) bond motifs is 1. The number of hydrogen-bond acceptors (Lipinski definition) is 0. The summed E-state index contributed by atoms with van der Waals surface area (Å²) in [5.41, 5.74) is 0.493. The van der Waals surface area contributed by atoms with E-state index in [0.29, 0.717) is 17.9 Å². The van der Waals surface area contributed by atoms with E-state index in [0.717, 1.165) is 11.8 Å². The molecule has 17 heavy (non-hydrogen) atoms. The molecule has 0 aliphatic heterocycles. The zero-order valence-electron chi connectivity index (χ0n) is 9.50. The fraction of sp³-hybridized carbons (Fsp3) is 0.571. The molecule has 0 heterocycles. The Morgan fingerprint density at radius 1 is 1.18 bits per heavy atom. The Labute approximate surface area is 109 Å². The molecule has 1 aromatic carbocycles. The van der Waals surface area contributed by atoms with Gasteiger partial charge in [0.25, 0.3) is 0 Å². The third-order valence-corrected chi connectivity index (χ3v) is 5.31. The van der Waals surface area contributed by atoms with Gasteiger partial charge in [-0.1, -0.05) is 28.1 Å². The molecule has 0 radical (unpaired) electrons. The molecule has 3 unspecified atom stereocenters. The zero-order valence-corrected chi connectivity index (χ0v) is 11.1. The second kappa shape index (κ2) is 4.34. The number of benzene rings is 1. The maximum Gasteiger partial charge on any atom is 0.162 e. The molecule has 0 aromatic heterocycles. The van der Waals surface area contributed by atoms with Crippen molar-refractivity contribution in [3.63, 3.8) is 0 Å². The molecule has 0 amide bonds. The second-order valence-corrected chi connectivity index (χ2v) is 6.60. The Morgan fingerprint density at radius 3 is 2.59 bits per heavy atom. The van der Waals surface area contributed by atoms with Gasteiger partial charge in [0.1, 0.15) is 0 Å². The van der Waals surface area contributed by atoms with Gasteiger partial charge in [-0.05, 0) is 55.1 Å². The molecule has 0 spiro atoms. The molecule has 3 heteroatoms. The van der Waals surface area contributed by atoms with Crippen LogP contribution in [-0.4, -0.2) is 4.83 Å². The van der Waals surface area contributed by atoms with Crippen molar-refractivity contribution >= 4 is 15.9 Å². The van der Waals surface area contributed by atoms with Gasteiger partial charge in [-0.2, -0.15) is 0 Å². The highest BCUT2D eigenvalue weighted by atomic mass is 79.9. The lowest BCUT2D eigenvalue weighted by atomic mass is 9.95. The molecular formula is C14H15BrF2. The molecule has 2 aliphatic rings. The summed E-state index contributed by atoms with van der Waals surface area (Å²) in [4.78, 5) is 0.284. The predicted molar refractivity (Wildman–Crippen MR) is 67.1 cm³/mol. The third-order valence-electron chi connectivity index (χ3n) is 4.24. The van der Waals surface area contributed by atoms with E-state index < -0.39 is 11.6 Å². The minimum absolute atomic E-state index is 0.284. The minimum Gasteiger partial charge on any atom is -0.204 e. The average molecular weight is 301 g/mol. The zero-order chi connectivity index (χ0) is 12.0. The first-order chi connectivity index (χ1) is 8.15. The third kappa shape index (κ3) is 2.26. The molecule has 2 fully saturated rings. The van der Waals surface area contributed by atoms with E-state index in [1.165, 1.54) is 25.3 Å². The van der Waals surface area contributed by atoms with Crippen molar-refractivity contribution < 1.29 is 8.78 Å². The summed E-state index contributed by atoms with van der Waals surface area (Å²) < 4.78 is 26.6. The van der Waals surface area contributed by atoms with Gasteiger partial charge in [-0.15, -0.1) is 0 Å². The fourth-order valence-electron chi connectivity index (χ4n) is 3.14. The molecule has 2 saturated carbocycles. The van der Waals surface area contributed by atoms with Crippen molar-refractivity contribution in [3.8, 4) is 0 Å². The van der Waals surface area contributed by atoms with Gasteiger partial charge in [-0.3, -0.25) is 0 Å². The van der Waals surface area contributed by atoms with Crippen LogP contribution in [0.25, 0.3) is 0 Å². The van der Waals surface area contributed by atoms with Crippen LogP contribution in [0.15, 0.2) is 18.2 Å². The lowest BCUT2D eigenvalue weighted by molar-refractivity contribution is 0.456. The Kier molecular flexibility index (Phi) is 2.97. The maximum absolute atomic E-state index is 13.5. The monoisotopic (exact) mass is 300 g/mol. The van der Waals surface area contributed by atoms with Crippen molar-refractivity contribution in [1.29, 1.82) is 0 Å². The van der Waals surface area contributed by atoms with Crippen LogP contribution in [0.1, 0.15) is 24.8 Å². The smallest absolute Gasteiger partial charge is 0.162 e. The van der Waals surface area contributed by atoms with Gasteiger partial charge >= 0.3 is 0 Å². The van der Waals surface area contributed by atoms with E-state index >= 15 is 0 Å². The van der Waals surface area contributed by atoms with Crippen LogP contribution in [0.2, 0.25) is 0 Å². The van der Waals surface area contributed by atoms with Crippen LogP contribution in [0.3, 0.4) is 0 Å². The first-order valence-corrected chi connectivity index (χ1v) is 7.13. The van der Waals surface area contributed by atoms with Gasteiger partial charge in [-0.25, -0.2) is 8.78 Å². The lowest BCUT2D eigenvalue weighted by Gasteiger charge is -2.19. The van der Waals surface area contributed by atoms with Crippen LogP contribution >= 0.6 is 15.9 Å². The highest BCUT2D eigenvalue weighted by Crippen LogP contribution is 2.56. The molecule has 3 atom stereocenters. The Balaban J connectivity index is 1.67. The van der Waals surface area contributed by atoms with Gasteiger partial charge in [0.05, 0.1) is 0 Å². The van der Waals surface area contributed by atoms with E-state index in [1.54, 1.807) is 12.1 Å². The summed E-state index contributed by atoms with van der Waals surface area (Å²) in [6.07, 6.45) is 4.51. The van der Waals surface area contributed by atoms with E-state index in [1.807, 2.05) is 0 Å². The van der Waals surface area contributed by atoms with Gasteiger partial charge < -0.3 is 0 Å². The largest absolute Gasteiger partial charge is 0.204 e. The minimum atomic E-state index is -0.739. The molecule has 0 saturated heterocycles. The van der Waals surface area contributed by atoms with E-state index in [-0.39, 0.29) is 4.83 Å². The van der Waals surface area contributed by atoms with Crippen molar-refractivity contribution in [3.05, 3.63) is 35.4 Å². The lowest BCUT2D eigenvalue weighted by Crippen LogP contribution is -2.16. The number of alkyl halides is 1. The van der Waals surface area contributed by atoms with Gasteiger partial charge in [0.15, 0.2) is 11.6 Å². The van der Waals surface area contributed by atoms with E-state index in [9.17, 15) is 8.78 Å². The highest BCUT2D eigenvalue weighted by Gasteiger charge is 2.47. The van der Waals surface area contributed by atoms with Gasteiger partial charge in [0, 0.05) is 4.83 Å². The topological polar surface area (TPSA) is 0 Å². The summed E-state index contributed by atoms with van der Waals surface area (Å²) in [5.74, 6) is 1.08. The maximum atomic E-state index is 13.5. The Morgan fingerprint density at radius 2 is 1.88 bits per heavy atom. The fourth-order valence-corrected chi connectivity index (χ4v) is 3.92. The summed E-state index contributed by atoms with van der Waals surface area (Å²) >= 11 is 3.66. The van der Waals surface area contributed by atoms with E-state index in [4.69, 9.17) is 0 Å². The molecule has 0 bridgehead atoms. The summed E-state index contributed by atoms with van der Waals surface area (Å²) in [6.45, 7) is 0. The molecule has 1 aromatic rings. The molecule has 3 rings (SSSR count). The van der Waals surface area contributed by atoms with Gasteiger partial charge in [0.2, 0.25) is 0 Å². The SMILES string of the molecule is Fc1cccc(CC(Br)C2CC3CC3C2)c1F. The summed E-state index contributed by atoms with van der Waals surface area (Å²) in [6, 6.07) is 4.44. The first kappa shape index (κ1) is 11.6. The number of rotatable bonds is 3. The van der Waals surface area contributed by atoms with Crippen LogP contribution in [0, 0.1) is 29.4 Å². The molecule has 2 aliphatic carbocycles. The first-order valence-electron chi connectivity index (χ1n) is 6.22. The number of halogens is 3.